The number of imidazole rings is 1. The molecule has 0 aliphatic rings. The second kappa shape index (κ2) is 5.31. The Hall–Kier alpha value is -1.17. The molecule has 0 aliphatic carbocycles. The van der Waals surface area contributed by atoms with Gasteiger partial charge in [-0.2, -0.15) is 0 Å². The molecular formula is C13H10Cl2FN3S. The highest BCUT2D eigenvalue weighted by Gasteiger charge is 2.14. The highest BCUT2D eigenvalue weighted by Crippen LogP contribution is 2.25. The minimum atomic E-state index is -0.461. The van der Waals surface area contributed by atoms with Gasteiger partial charge in [-0.15, -0.1) is 22.9 Å². The molecule has 1 aromatic carbocycles. The van der Waals surface area contributed by atoms with E-state index in [1.54, 1.807) is 11.3 Å². The van der Waals surface area contributed by atoms with Crippen molar-refractivity contribution in [3.05, 3.63) is 44.9 Å². The summed E-state index contributed by atoms with van der Waals surface area (Å²) in [7, 11) is 0. The van der Waals surface area contributed by atoms with Crippen LogP contribution in [0.5, 0.6) is 0 Å². The van der Waals surface area contributed by atoms with Gasteiger partial charge in [0.15, 0.2) is 0 Å². The molecule has 104 valence electrons. The van der Waals surface area contributed by atoms with Crippen molar-refractivity contribution in [2.75, 3.05) is 0 Å². The van der Waals surface area contributed by atoms with Crippen molar-refractivity contribution in [3.8, 4) is 0 Å². The van der Waals surface area contributed by atoms with Crippen molar-refractivity contribution in [1.82, 2.24) is 14.5 Å². The fourth-order valence-corrected chi connectivity index (χ4v) is 3.18. The van der Waals surface area contributed by atoms with Crippen LogP contribution in [0.3, 0.4) is 0 Å². The van der Waals surface area contributed by atoms with E-state index >= 15 is 0 Å². The summed E-state index contributed by atoms with van der Waals surface area (Å²) in [6.07, 6.45) is 0. The maximum absolute atomic E-state index is 13.7. The Kier molecular flexibility index (Phi) is 3.67. The topological polar surface area (TPSA) is 30.7 Å². The number of benzene rings is 1. The molecule has 7 heteroatoms. The molecule has 0 fully saturated rings. The minimum absolute atomic E-state index is 0.0633. The van der Waals surface area contributed by atoms with Crippen LogP contribution in [0.15, 0.2) is 17.5 Å². The van der Waals surface area contributed by atoms with Gasteiger partial charge in [0, 0.05) is 17.1 Å². The molecule has 3 nitrogen and oxygen atoms in total. The number of hydrogen-bond donors (Lipinski definition) is 0. The summed E-state index contributed by atoms with van der Waals surface area (Å²) in [5, 5.41) is 2.98. The van der Waals surface area contributed by atoms with E-state index in [2.05, 4.69) is 9.97 Å². The molecule has 0 N–H and O–H groups in total. The van der Waals surface area contributed by atoms with Gasteiger partial charge in [0.2, 0.25) is 0 Å². The quantitative estimate of drug-likeness (QED) is 0.667. The molecule has 0 spiro atoms. The fourth-order valence-electron chi connectivity index (χ4n) is 2.06. The highest BCUT2D eigenvalue weighted by molar-refractivity contribution is 7.09. The van der Waals surface area contributed by atoms with Gasteiger partial charge in [-0.1, -0.05) is 11.6 Å². The summed E-state index contributed by atoms with van der Waals surface area (Å²) in [4.78, 5) is 8.81. The summed E-state index contributed by atoms with van der Waals surface area (Å²) in [5.74, 6) is 0.464. The third-order valence-electron chi connectivity index (χ3n) is 2.95. The summed E-state index contributed by atoms with van der Waals surface area (Å²) in [5.41, 5.74) is 2.28. The predicted octanol–water partition coefficient (Wildman–Crippen LogP) is 4.38. The van der Waals surface area contributed by atoms with Crippen LogP contribution < -0.4 is 0 Å². The largest absolute Gasteiger partial charge is 0.320 e. The van der Waals surface area contributed by atoms with Crippen molar-refractivity contribution in [3.63, 3.8) is 0 Å². The van der Waals surface area contributed by atoms with E-state index in [1.165, 1.54) is 12.1 Å². The normalized spacial score (nSPS) is 11.4. The lowest BCUT2D eigenvalue weighted by Crippen LogP contribution is -2.03. The number of aryl methyl sites for hydroxylation is 1. The summed E-state index contributed by atoms with van der Waals surface area (Å²) in [6.45, 7) is 2.46. The summed E-state index contributed by atoms with van der Waals surface area (Å²) >= 11 is 13.3. The van der Waals surface area contributed by atoms with Crippen molar-refractivity contribution in [1.29, 1.82) is 0 Å². The molecule has 0 amide bonds. The predicted molar refractivity (Wildman–Crippen MR) is 80.2 cm³/mol. The van der Waals surface area contributed by atoms with Gasteiger partial charge in [-0.05, 0) is 13.0 Å². The minimum Gasteiger partial charge on any atom is -0.320 e. The van der Waals surface area contributed by atoms with Crippen LogP contribution in [0.1, 0.15) is 16.5 Å². The molecule has 2 aromatic heterocycles. The molecule has 0 aliphatic heterocycles. The number of aromatic nitrogens is 3. The van der Waals surface area contributed by atoms with Gasteiger partial charge in [-0.3, -0.25) is 0 Å². The number of rotatable bonds is 3. The lowest BCUT2D eigenvalue weighted by atomic mass is 10.3. The molecule has 0 atom stereocenters. The number of hydrogen-bond acceptors (Lipinski definition) is 3. The Balaban J connectivity index is 2.14. The monoisotopic (exact) mass is 329 g/mol. The number of thiazole rings is 1. The van der Waals surface area contributed by atoms with Crippen LogP contribution in [-0.4, -0.2) is 14.5 Å². The lowest BCUT2D eigenvalue weighted by Gasteiger charge is -2.05. The van der Waals surface area contributed by atoms with Crippen LogP contribution in [0, 0.1) is 12.7 Å². The van der Waals surface area contributed by atoms with Crippen molar-refractivity contribution < 1.29 is 4.39 Å². The second-order valence-electron chi connectivity index (χ2n) is 4.39. The van der Waals surface area contributed by atoms with Crippen molar-refractivity contribution in [2.45, 2.75) is 19.3 Å². The van der Waals surface area contributed by atoms with E-state index in [4.69, 9.17) is 23.2 Å². The Labute approximate surface area is 129 Å². The third-order valence-corrected chi connectivity index (χ3v) is 4.43. The standard InChI is InChI=1S/C13H10Cl2FN3S/c1-7-6-20-13(17-7)5-19-11-3-9(16)8(15)2-10(11)18-12(19)4-14/h2-3,6H,4-5H2,1H3. The first kappa shape index (κ1) is 13.8. The van der Waals surface area contributed by atoms with Crippen molar-refractivity contribution >= 4 is 45.6 Å². The third kappa shape index (κ3) is 2.41. The average Bonchev–Trinajstić information content (AvgIpc) is 2.96. The Morgan fingerprint density at radius 3 is 2.80 bits per heavy atom. The van der Waals surface area contributed by atoms with Crippen LogP contribution in [-0.2, 0) is 12.4 Å². The van der Waals surface area contributed by atoms with Crippen LogP contribution >= 0.6 is 34.5 Å². The van der Waals surface area contributed by atoms with Crippen LogP contribution in [0.2, 0.25) is 5.02 Å². The lowest BCUT2D eigenvalue weighted by molar-refractivity contribution is 0.628. The van der Waals surface area contributed by atoms with E-state index in [9.17, 15) is 4.39 Å². The fraction of sp³-hybridized carbons (Fsp3) is 0.231. The van der Waals surface area contributed by atoms with Crippen LogP contribution in [0.4, 0.5) is 4.39 Å². The molecule has 0 bridgehead atoms. The zero-order valence-electron chi connectivity index (χ0n) is 10.5. The highest BCUT2D eigenvalue weighted by atomic mass is 35.5. The number of nitrogens with zero attached hydrogens (tertiary/aromatic N) is 3. The van der Waals surface area contributed by atoms with Gasteiger partial charge >= 0.3 is 0 Å². The first-order valence-corrected chi connectivity index (χ1v) is 7.69. The molecule has 0 saturated carbocycles. The zero-order valence-corrected chi connectivity index (χ0v) is 12.9. The van der Waals surface area contributed by atoms with E-state index in [0.29, 0.717) is 23.4 Å². The maximum atomic E-state index is 13.7. The molecule has 3 aromatic rings. The molecular weight excluding hydrogens is 320 g/mol. The zero-order chi connectivity index (χ0) is 14.3. The molecule has 0 radical (unpaired) electrons. The Morgan fingerprint density at radius 1 is 1.35 bits per heavy atom. The smallest absolute Gasteiger partial charge is 0.144 e. The first-order valence-electron chi connectivity index (χ1n) is 5.89. The number of fused-ring (bicyclic) bond motifs is 1. The van der Waals surface area contributed by atoms with E-state index in [1.807, 2.05) is 16.9 Å². The van der Waals surface area contributed by atoms with Gasteiger partial charge in [0.25, 0.3) is 0 Å². The number of alkyl halides is 1. The molecule has 0 unspecified atom stereocenters. The van der Waals surface area contributed by atoms with E-state index in [-0.39, 0.29) is 10.9 Å². The SMILES string of the molecule is Cc1csc(Cn2c(CCl)nc3cc(Cl)c(F)cc32)n1. The molecule has 0 saturated heterocycles. The van der Waals surface area contributed by atoms with Gasteiger partial charge in [0.05, 0.1) is 28.5 Å². The van der Waals surface area contributed by atoms with E-state index in [0.717, 1.165) is 10.7 Å². The van der Waals surface area contributed by atoms with Gasteiger partial charge in [0.1, 0.15) is 16.6 Å². The average molecular weight is 330 g/mol. The molecule has 3 rings (SSSR count). The molecule has 2 heterocycles. The summed E-state index contributed by atoms with van der Waals surface area (Å²) < 4.78 is 15.5. The summed E-state index contributed by atoms with van der Waals surface area (Å²) in [6, 6.07) is 2.91. The van der Waals surface area contributed by atoms with Crippen LogP contribution in [0.25, 0.3) is 11.0 Å². The van der Waals surface area contributed by atoms with Gasteiger partial charge < -0.3 is 4.57 Å². The number of halogens is 3. The first-order chi connectivity index (χ1) is 9.58. The second-order valence-corrected chi connectivity index (χ2v) is 6.00. The van der Waals surface area contributed by atoms with E-state index < -0.39 is 5.82 Å². The Morgan fingerprint density at radius 2 is 2.15 bits per heavy atom. The van der Waals surface area contributed by atoms with Crippen molar-refractivity contribution in [2.24, 2.45) is 0 Å². The molecule has 20 heavy (non-hydrogen) atoms. The maximum Gasteiger partial charge on any atom is 0.144 e. The Bertz CT molecular complexity index is 781. The van der Waals surface area contributed by atoms with Gasteiger partial charge in [-0.25, -0.2) is 14.4 Å².